The maximum atomic E-state index is 12.8. The Labute approximate surface area is 187 Å². The zero-order chi connectivity index (χ0) is 23.5. The van der Waals surface area contributed by atoms with Crippen LogP contribution in [-0.2, 0) is 0 Å². The number of Topliss-reactive ketones (excluding diaryl/α,β-unsaturated/α-hetero) is 1. The molecule has 2 aliphatic heterocycles. The fourth-order valence-corrected chi connectivity index (χ4v) is 5.07. The number of aliphatic hydroxyl groups excluding tert-OH is 1. The first-order chi connectivity index (χ1) is 15.6. The van der Waals surface area contributed by atoms with Crippen molar-refractivity contribution in [3.8, 4) is 11.1 Å². The number of nitrogen functional groups attached to an aromatic ring is 1. The Morgan fingerprint density at radius 2 is 1.94 bits per heavy atom. The normalized spacial score (nSPS) is 23.7. The van der Waals surface area contributed by atoms with Crippen LogP contribution in [0.3, 0.4) is 0 Å². The monoisotopic (exact) mass is 460 g/mol. The number of aliphatic hydroxyl groups is 1. The molecule has 3 aromatic rings. The molecule has 0 aromatic carbocycles. The van der Waals surface area contributed by atoms with Gasteiger partial charge in [-0.1, -0.05) is 6.07 Å². The van der Waals surface area contributed by atoms with E-state index in [-0.39, 0.29) is 17.5 Å². The minimum absolute atomic E-state index is 0.0696. The van der Waals surface area contributed by atoms with Crippen LogP contribution >= 0.6 is 0 Å². The van der Waals surface area contributed by atoms with E-state index in [4.69, 9.17) is 10.7 Å². The predicted molar refractivity (Wildman–Crippen MR) is 114 cm³/mol. The number of aromatic nitrogens is 4. The highest BCUT2D eigenvalue weighted by Crippen LogP contribution is 2.40. The van der Waals surface area contributed by atoms with Gasteiger partial charge in [0.05, 0.1) is 23.1 Å². The highest BCUT2D eigenvalue weighted by atomic mass is 19.4. The molecule has 5 rings (SSSR count). The van der Waals surface area contributed by atoms with Gasteiger partial charge in [0.15, 0.2) is 17.5 Å². The van der Waals surface area contributed by atoms with Gasteiger partial charge < -0.3 is 16.2 Å². The molecule has 0 saturated carbocycles. The Hall–Kier alpha value is -3.05. The maximum Gasteiger partial charge on any atom is 0.420 e. The number of rotatable bonds is 4. The van der Waals surface area contributed by atoms with Gasteiger partial charge in [0.2, 0.25) is 0 Å². The van der Waals surface area contributed by atoms with E-state index in [1.807, 2.05) is 0 Å². The number of nitrogens with one attached hydrogen (secondary N) is 1. The number of nitrogens with zero attached hydrogens (tertiary/aromatic N) is 4. The topological polar surface area (TPSA) is 118 Å². The van der Waals surface area contributed by atoms with Crippen LogP contribution in [0.5, 0.6) is 0 Å². The van der Waals surface area contributed by atoms with Crippen molar-refractivity contribution in [3.05, 3.63) is 41.5 Å². The number of carbonyl (C=O) groups excluding carboxylic acids is 1. The molecule has 8 nitrogen and oxygen atoms in total. The molecule has 2 unspecified atom stereocenters. The van der Waals surface area contributed by atoms with E-state index in [1.165, 1.54) is 29.9 Å². The molecule has 4 N–H and O–H groups in total. The number of halogens is 3. The third kappa shape index (κ3) is 3.74. The average Bonchev–Trinajstić information content (AvgIpc) is 3.35. The van der Waals surface area contributed by atoms with Gasteiger partial charge in [-0.2, -0.15) is 22.8 Å². The van der Waals surface area contributed by atoms with Crippen molar-refractivity contribution in [2.75, 3.05) is 5.73 Å². The van der Waals surface area contributed by atoms with Gasteiger partial charge >= 0.3 is 6.18 Å². The second-order valence-electron chi connectivity index (χ2n) is 8.83. The molecule has 2 saturated heterocycles. The van der Waals surface area contributed by atoms with E-state index in [9.17, 15) is 23.1 Å². The van der Waals surface area contributed by atoms with Gasteiger partial charge in [-0.15, -0.1) is 0 Å². The second-order valence-corrected chi connectivity index (χ2v) is 8.83. The molecule has 5 heterocycles. The molecule has 0 radical (unpaired) electrons. The summed E-state index contributed by atoms with van der Waals surface area (Å²) in [7, 11) is 0. The molecule has 174 valence electrons. The second kappa shape index (κ2) is 7.77. The third-order valence-electron chi connectivity index (χ3n) is 6.61. The van der Waals surface area contributed by atoms with Crippen molar-refractivity contribution in [1.82, 2.24) is 24.9 Å². The summed E-state index contributed by atoms with van der Waals surface area (Å²) in [5.41, 5.74) is 8.28. The van der Waals surface area contributed by atoms with E-state index in [0.29, 0.717) is 40.1 Å². The van der Waals surface area contributed by atoms with Crippen molar-refractivity contribution in [2.45, 2.75) is 62.9 Å². The molecular formula is C22H23F3N6O2. The highest BCUT2D eigenvalue weighted by molar-refractivity contribution is 6.00. The van der Waals surface area contributed by atoms with Gasteiger partial charge in [-0.3, -0.25) is 9.78 Å². The van der Waals surface area contributed by atoms with Crippen LogP contribution in [0.4, 0.5) is 19.0 Å². The number of carbonyl (C=O) groups is 1. The largest absolute Gasteiger partial charge is 0.420 e. The molecule has 0 spiro atoms. The average molecular weight is 460 g/mol. The lowest BCUT2D eigenvalue weighted by Gasteiger charge is -2.30. The molecule has 4 atom stereocenters. The standard InChI is InChI=1S/C22H23F3N6O2/c1-10(32)17-18(12-6-13-3-4-14(7-12)29-13)30-21-15(9-28-31(21)20(17)26)11-2-5-16(27-8-11)19(33)22(23,24)25/h2,5,8-9,12-14,19,29,33H,3-4,6-7,26H2,1H3/t12?,13-,14+,19?. The molecule has 0 aliphatic carbocycles. The quantitative estimate of drug-likeness (QED) is 0.512. The predicted octanol–water partition coefficient (Wildman–Crippen LogP) is 3.17. The van der Waals surface area contributed by atoms with Crippen LogP contribution in [0.15, 0.2) is 24.5 Å². The Bertz CT molecular complexity index is 1210. The Morgan fingerprint density at radius 1 is 1.24 bits per heavy atom. The summed E-state index contributed by atoms with van der Waals surface area (Å²) in [6, 6.07) is 3.31. The van der Waals surface area contributed by atoms with Gasteiger partial charge in [0.25, 0.3) is 0 Å². The first kappa shape index (κ1) is 21.8. The van der Waals surface area contributed by atoms with Gasteiger partial charge in [0, 0.05) is 35.3 Å². The van der Waals surface area contributed by atoms with Gasteiger partial charge in [0.1, 0.15) is 5.82 Å². The van der Waals surface area contributed by atoms with Crippen LogP contribution in [0.1, 0.15) is 66.4 Å². The van der Waals surface area contributed by atoms with Gasteiger partial charge in [-0.05, 0) is 38.7 Å². The molecule has 2 bridgehead atoms. The minimum atomic E-state index is -4.80. The van der Waals surface area contributed by atoms with Crippen LogP contribution in [-0.4, -0.2) is 48.7 Å². The van der Waals surface area contributed by atoms with Crippen LogP contribution in [0.25, 0.3) is 16.8 Å². The summed E-state index contributed by atoms with van der Waals surface area (Å²) >= 11 is 0. The number of alkyl halides is 3. The number of hydrogen-bond donors (Lipinski definition) is 3. The summed E-state index contributed by atoms with van der Waals surface area (Å²) < 4.78 is 39.7. The molecule has 2 fully saturated rings. The zero-order valence-corrected chi connectivity index (χ0v) is 17.8. The number of piperidine rings is 1. The summed E-state index contributed by atoms with van der Waals surface area (Å²) in [5.74, 6) is 0.0730. The summed E-state index contributed by atoms with van der Waals surface area (Å²) in [6.45, 7) is 1.46. The molecule has 33 heavy (non-hydrogen) atoms. The summed E-state index contributed by atoms with van der Waals surface area (Å²) in [6.07, 6.45) is -0.839. The SMILES string of the molecule is CC(=O)c1c(C2C[C@H]3CC[C@@H](C2)N3)nc2c(-c3ccc(C(O)C(F)(F)F)nc3)cnn2c1N. The lowest BCUT2D eigenvalue weighted by molar-refractivity contribution is -0.207. The first-order valence-corrected chi connectivity index (χ1v) is 10.8. The molecular weight excluding hydrogens is 437 g/mol. The van der Waals surface area contributed by atoms with Crippen molar-refractivity contribution in [3.63, 3.8) is 0 Å². The maximum absolute atomic E-state index is 12.8. The highest BCUT2D eigenvalue weighted by Gasteiger charge is 2.40. The van der Waals surface area contributed by atoms with E-state index >= 15 is 0 Å². The number of nitrogens with two attached hydrogens (primary N) is 1. The minimum Gasteiger partial charge on any atom is -0.383 e. The van der Waals surface area contributed by atoms with E-state index < -0.39 is 18.0 Å². The Kier molecular flexibility index (Phi) is 5.13. The van der Waals surface area contributed by atoms with Crippen molar-refractivity contribution >= 4 is 17.2 Å². The number of fused-ring (bicyclic) bond motifs is 3. The zero-order valence-electron chi connectivity index (χ0n) is 17.8. The summed E-state index contributed by atoms with van der Waals surface area (Å²) in [4.78, 5) is 21.1. The van der Waals surface area contributed by atoms with Crippen LogP contribution < -0.4 is 11.1 Å². The van der Waals surface area contributed by atoms with Crippen molar-refractivity contribution in [2.24, 2.45) is 0 Å². The fourth-order valence-electron chi connectivity index (χ4n) is 5.07. The first-order valence-electron chi connectivity index (χ1n) is 10.8. The Morgan fingerprint density at radius 3 is 2.52 bits per heavy atom. The number of pyridine rings is 1. The summed E-state index contributed by atoms with van der Waals surface area (Å²) in [5, 5.41) is 17.3. The smallest absolute Gasteiger partial charge is 0.383 e. The number of anilines is 1. The third-order valence-corrected chi connectivity index (χ3v) is 6.61. The van der Waals surface area contributed by atoms with Gasteiger partial charge in [-0.25, -0.2) is 4.98 Å². The Balaban J connectivity index is 1.59. The van der Waals surface area contributed by atoms with Crippen molar-refractivity contribution < 1.29 is 23.1 Å². The lowest BCUT2D eigenvalue weighted by atomic mass is 9.86. The molecule has 3 aromatic heterocycles. The van der Waals surface area contributed by atoms with Crippen LogP contribution in [0.2, 0.25) is 0 Å². The lowest BCUT2D eigenvalue weighted by Crippen LogP contribution is -2.38. The molecule has 0 amide bonds. The molecule has 11 heteroatoms. The molecule has 2 aliphatic rings. The number of ketones is 1. The fraction of sp³-hybridized carbons (Fsp3) is 0.455. The number of hydrogen-bond acceptors (Lipinski definition) is 7. The van der Waals surface area contributed by atoms with E-state index in [0.717, 1.165) is 31.7 Å². The van der Waals surface area contributed by atoms with E-state index in [1.54, 1.807) is 0 Å². The van der Waals surface area contributed by atoms with Crippen molar-refractivity contribution in [1.29, 1.82) is 0 Å². The van der Waals surface area contributed by atoms with E-state index in [2.05, 4.69) is 15.4 Å². The van der Waals surface area contributed by atoms with Crippen LogP contribution in [0, 0.1) is 0 Å².